The van der Waals surface area contributed by atoms with Crippen LogP contribution in [0, 0.1) is 5.92 Å². The first kappa shape index (κ1) is 16.0. The highest BCUT2D eigenvalue weighted by Gasteiger charge is 2.21. The molecule has 0 bridgehead atoms. The number of likely N-dealkylation sites (tertiary alicyclic amines) is 1. The molecule has 0 unspecified atom stereocenters. The fourth-order valence-corrected chi connectivity index (χ4v) is 2.89. The molecule has 0 aromatic heterocycles. The van der Waals surface area contributed by atoms with Gasteiger partial charge in [-0.15, -0.1) is 0 Å². The van der Waals surface area contributed by atoms with E-state index in [9.17, 15) is 4.79 Å². The summed E-state index contributed by atoms with van der Waals surface area (Å²) < 4.78 is 0. The highest BCUT2D eigenvalue weighted by atomic mass is 16.2. The number of likely N-dealkylation sites (N-methyl/N-ethyl adjacent to an activating group) is 1. The molecule has 4 heteroatoms. The zero-order valence-corrected chi connectivity index (χ0v) is 13.2. The van der Waals surface area contributed by atoms with Crippen LogP contribution in [0.15, 0.2) is 30.3 Å². The maximum absolute atomic E-state index is 12.3. The molecule has 1 amide bonds. The fourth-order valence-electron chi connectivity index (χ4n) is 2.89. The minimum atomic E-state index is 0.214. The van der Waals surface area contributed by atoms with E-state index >= 15 is 0 Å². The number of nitrogens with one attached hydrogen (secondary N) is 1. The summed E-state index contributed by atoms with van der Waals surface area (Å²) in [4.78, 5) is 16.4. The molecule has 1 fully saturated rings. The lowest BCUT2D eigenvalue weighted by molar-refractivity contribution is -0.132. The molecular formula is C17H27N3O. The SMILES string of the molecule is CNCC1CCN(CC(=O)N(C)Cc2ccccc2)CC1. The van der Waals surface area contributed by atoms with Gasteiger partial charge in [0.25, 0.3) is 0 Å². The minimum Gasteiger partial charge on any atom is -0.340 e. The number of piperidine rings is 1. The molecule has 1 aromatic carbocycles. The van der Waals surface area contributed by atoms with Gasteiger partial charge in [-0.1, -0.05) is 30.3 Å². The first-order valence-corrected chi connectivity index (χ1v) is 7.84. The van der Waals surface area contributed by atoms with Gasteiger partial charge in [-0.3, -0.25) is 9.69 Å². The van der Waals surface area contributed by atoms with Crippen molar-refractivity contribution in [2.75, 3.05) is 40.3 Å². The Morgan fingerprint density at radius 2 is 1.95 bits per heavy atom. The second-order valence-electron chi connectivity index (χ2n) is 6.01. The van der Waals surface area contributed by atoms with E-state index in [-0.39, 0.29) is 5.91 Å². The van der Waals surface area contributed by atoms with Crippen molar-refractivity contribution >= 4 is 5.91 Å². The van der Waals surface area contributed by atoms with E-state index in [2.05, 4.69) is 22.3 Å². The molecule has 4 nitrogen and oxygen atoms in total. The molecule has 1 aliphatic heterocycles. The summed E-state index contributed by atoms with van der Waals surface area (Å²) in [7, 11) is 3.90. The molecule has 0 atom stereocenters. The van der Waals surface area contributed by atoms with Crippen LogP contribution in [0.3, 0.4) is 0 Å². The molecule has 1 aliphatic rings. The van der Waals surface area contributed by atoms with Gasteiger partial charge in [0, 0.05) is 13.6 Å². The van der Waals surface area contributed by atoms with Crippen LogP contribution < -0.4 is 5.32 Å². The third-order valence-electron chi connectivity index (χ3n) is 4.25. The standard InChI is InChI=1S/C17H27N3O/c1-18-12-15-8-10-20(11-9-15)14-17(21)19(2)13-16-6-4-3-5-7-16/h3-7,15,18H,8-14H2,1-2H3. The predicted octanol–water partition coefficient (Wildman–Crippen LogP) is 1.58. The summed E-state index contributed by atoms with van der Waals surface area (Å²) in [5.74, 6) is 0.981. The van der Waals surface area contributed by atoms with Crippen LogP contribution >= 0.6 is 0 Å². The summed E-state index contributed by atoms with van der Waals surface area (Å²) in [5.41, 5.74) is 1.18. The smallest absolute Gasteiger partial charge is 0.236 e. The minimum absolute atomic E-state index is 0.214. The monoisotopic (exact) mass is 289 g/mol. The van der Waals surface area contributed by atoms with Crippen molar-refractivity contribution in [1.82, 2.24) is 15.1 Å². The topological polar surface area (TPSA) is 35.6 Å². The van der Waals surface area contributed by atoms with Crippen molar-refractivity contribution in [2.45, 2.75) is 19.4 Å². The quantitative estimate of drug-likeness (QED) is 0.863. The van der Waals surface area contributed by atoms with Gasteiger partial charge in [-0.25, -0.2) is 0 Å². The van der Waals surface area contributed by atoms with Crippen LogP contribution in [0.25, 0.3) is 0 Å². The Hall–Kier alpha value is -1.39. The maximum atomic E-state index is 12.3. The summed E-state index contributed by atoms with van der Waals surface area (Å²) in [5, 5.41) is 3.24. The number of hydrogen-bond donors (Lipinski definition) is 1. The Labute approximate surface area is 128 Å². The molecule has 21 heavy (non-hydrogen) atoms. The normalized spacial score (nSPS) is 16.9. The highest BCUT2D eigenvalue weighted by molar-refractivity contribution is 5.78. The first-order valence-electron chi connectivity index (χ1n) is 7.84. The number of carbonyl (C=O) groups excluding carboxylic acids is 1. The Bertz CT molecular complexity index is 427. The van der Waals surface area contributed by atoms with Gasteiger partial charge in [0.1, 0.15) is 0 Å². The average molecular weight is 289 g/mol. The number of benzene rings is 1. The third kappa shape index (κ3) is 5.14. The Kier molecular flexibility index (Phi) is 6.21. The Morgan fingerprint density at radius 3 is 2.57 bits per heavy atom. The summed E-state index contributed by atoms with van der Waals surface area (Å²) >= 11 is 0. The van der Waals surface area contributed by atoms with E-state index in [0.717, 1.165) is 25.6 Å². The highest BCUT2D eigenvalue weighted by Crippen LogP contribution is 2.16. The van der Waals surface area contributed by atoms with Crippen molar-refractivity contribution < 1.29 is 4.79 Å². The molecule has 0 aliphatic carbocycles. The summed E-state index contributed by atoms with van der Waals surface area (Å²) in [6.07, 6.45) is 2.38. The lowest BCUT2D eigenvalue weighted by atomic mass is 9.97. The van der Waals surface area contributed by atoms with Crippen molar-refractivity contribution in [3.8, 4) is 0 Å². The summed E-state index contributed by atoms with van der Waals surface area (Å²) in [6, 6.07) is 10.2. The molecule has 1 heterocycles. The van der Waals surface area contributed by atoms with E-state index in [1.54, 1.807) is 0 Å². The van der Waals surface area contributed by atoms with E-state index in [1.807, 2.05) is 37.2 Å². The maximum Gasteiger partial charge on any atom is 0.236 e. The third-order valence-corrected chi connectivity index (χ3v) is 4.25. The second-order valence-corrected chi connectivity index (χ2v) is 6.01. The number of rotatable bonds is 6. The van der Waals surface area contributed by atoms with Crippen molar-refractivity contribution in [1.29, 1.82) is 0 Å². The molecule has 0 spiro atoms. The number of nitrogens with zero attached hydrogens (tertiary/aromatic N) is 2. The lowest BCUT2D eigenvalue weighted by Crippen LogP contribution is -2.43. The predicted molar refractivity (Wildman–Crippen MR) is 86.0 cm³/mol. The first-order chi connectivity index (χ1) is 10.2. The van der Waals surface area contributed by atoms with Crippen molar-refractivity contribution in [2.24, 2.45) is 5.92 Å². The lowest BCUT2D eigenvalue weighted by Gasteiger charge is -2.32. The zero-order chi connectivity index (χ0) is 15.1. The molecule has 2 rings (SSSR count). The van der Waals surface area contributed by atoms with Crippen LogP contribution in [0.2, 0.25) is 0 Å². The van der Waals surface area contributed by atoms with Crippen molar-refractivity contribution in [3.05, 3.63) is 35.9 Å². The molecule has 1 saturated heterocycles. The van der Waals surface area contributed by atoms with Gasteiger partial charge in [0.15, 0.2) is 0 Å². The second kappa shape index (κ2) is 8.15. The molecular weight excluding hydrogens is 262 g/mol. The van der Waals surface area contributed by atoms with E-state index in [1.165, 1.54) is 18.4 Å². The van der Waals surface area contributed by atoms with Crippen LogP contribution in [0.5, 0.6) is 0 Å². The van der Waals surface area contributed by atoms with Gasteiger partial charge >= 0.3 is 0 Å². The zero-order valence-electron chi connectivity index (χ0n) is 13.2. The molecule has 116 valence electrons. The number of amides is 1. The Morgan fingerprint density at radius 1 is 1.29 bits per heavy atom. The van der Waals surface area contributed by atoms with E-state index in [4.69, 9.17) is 0 Å². The summed E-state index contributed by atoms with van der Waals surface area (Å²) in [6.45, 7) is 4.41. The van der Waals surface area contributed by atoms with E-state index < -0.39 is 0 Å². The largest absolute Gasteiger partial charge is 0.340 e. The van der Waals surface area contributed by atoms with E-state index in [0.29, 0.717) is 13.1 Å². The molecule has 1 aromatic rings. The van der Waals surface area contributed by atoms with Gasteiger partial charge in [-0.05, 0) is 51.0 Å². The average Bonchev–Trinajstić information content (AvgIpc) is 2.50. The van der Waals surface area contributed by atoms with Gasteiger partial charge < -0.3 is 10.2 Å². The molecule has 1 N–H and O–H groups in total. The number of carbonyl (C=O) groups is 1. The van der Waals surface area contributed by atoms with Crippen molar-refractivity contribution in [3.63, 3.8) is 0 Å². The van der Waals surface area contributed by atoms with Crippen LogP contribution in [-0.2, 0) is 11.3 Å². The van der Waals surface area contributed by atoms with Gasteiger partial charge in [0.05, 0.1) is 6.54 Å². The van der Waals surface area contributed by atoms with Crippen LogP contribution in [0.4, 0.5) is 0 Å². The molecule has 0 saturated carbocycles. The van der Waals surface area contributed by atoms with Gasteiger partial charge in [0.2, 0.25) is 5.91 Å². The van der Waals surface area contributed by atoms with Gasteiger partial charge in [-0.2, -0.15) is 0 Å². The fraction of sp³-hybridized carbons (Fsp3) is 0.588. The number of hydrogen-bond acceptors (Lipinski definition) is 3. The Balaban J connectivity index is 1.74. The molecule has 0 radical (unpaired) electrons. The van der Waals surface area contributed by atoms with Crippen LogP contribution in [0.1, 0.15) is 18.4 Å². The van der Waals surface area contributed by atoms with Crippen LogP contribution in [-0.4, -0.2) is 56.0 Å².